The van der Waals surface area contributed by atoms with E-state index in [1.807, 2.05) is 0 Å². The molecule has 31 heavy (non-hydrogen) atoms. The minimum atomic E-state index is -4.13. The van der Waals surface area contributed by atoms with Crippen LogP contribution in [0.1, 0.15) is 24.5 Å². The topological polar surface area (TPSA) is 110 Å². The first-order valence-electron chi connectivity index (χ1n) is 9.62. The van der Waals surface area contributed by atoms with Gasteiger partial charge in [-0.15, -0.1) is 0 Å². The highest BCUT2D eigenvalue weighted by Gasteiger charge is 2.28. The lowest BCUT2D eigenvalue weighted by Gasteiger charge is -2.11. The maximum Gasteiger partial charge on any atom is 0.264 e. The zero-order valence-electron chi connectivity index (χ0n) is 16.5. The molecule has 0 aliphatic heterocycles. The molecule has 2 aromatic carbocycles. The number of rotatable bonds is 6. The zero-order chi connectivity index (χ0) is 21.6. The molecular weight excluding hydrogens is 421 g/mol. The van der Waals surface area contributed by atoms with E-state index in [0.717, 1.165) is 41.6 Å². The molecule has 10 heteroatoms. The summed E-state index contributed by atoms with van der Waals surface area (Å²) in [5.41, 5.74) is 2.67. The monoisotopic (exact) mass is 439 g/mol. The quantitative estimate of drug-likeness (QED) is 0.472. The van der Waals surface area contributed by atoms with E-state index in [2.05, 4.69) is 19.9 Å². The number of ether oxygens (including phenoxy) is 1. The molecule has 0 spiro atoms. The Hall–Kier alpha value is -3.53. The minimum Gasteiger partial charge on any atom is -0.497 e. The van der Waals surface area contributed by atoms with Crippen molar-refractivity contribution in [1.82, 2.24) is 20.2 Å². The number of aromatic nitrogens is 4. The van der Waals surface area contributed by atoms with Gasteiger partial charge in [0.15, 0.2) is 11.5 Å². The predicted molar refractivity (Wildman–Crippen MR) is 113 cm³/mol. The number of H-pyrrole nitrogens is 1. The number of nitrogens with one attached hydrogen (secondary N) is 2. The SMILES string of the molecule is COc1ccc(F)c(S(=O)(=O)Nc2ccc(-c3nc(C4CC4)c4cn[nH]c4n3)cc2)c1. The summed E-state index contributed by atoms with van der Waals surface area (Å²) in [6.45, 7) is 0. The Kier molecular flexibility index (Phi) is 4.58. The van der Waals surface area contributed by atoms with E-state index in [9.17, 15) is 12.8 Å². The second-order valence-electron chi connectivity index (χ2n) is 7.32. The fourth-order valence-electron chi connectivity index (χ4n) is 3.37. The molecule has 0 unspecified atom stereocenters. The molecule has 5 rings (SSSR count). The number of nitrogens with zero attached hydrogens (tertiary/aromatic N) is 3. The zero-order valence-corrected chi connectivity index (χ0v) is 17.3. The van der Waals surface area contributed by atoms with Crippen molar-refractivity contribution in [2.75, 3.05) is 11.8 Å². The van der Waals surface area contributed by atoms with Gasteiger partial charge in [0.05, 0.1) is 24.4 Å². The number of sulfonamides is 1. The van der Waals surface area contributed by atoms with Crippen molar-refractivity contribution in [2.24, 2.45) is 0 Å². The molecule has 1 aliphatic rings. The molecule has 4 aromatic rings. The molecule has 158 valence electrons. The summed E-state index contributed by atoms with van der Waals surface area (Å²) in [5, 5.41) is 7.88. The van der Waals surface area contributed by atoms with E-state index in [-0.39, 0.29) is 11.4 Å². The molecule has 2 N–H and O–H groups in total. The van der Waals surface area contributed by atoms with Crippen LogP contribution in [-0.4, -0.2) is 35.7 Å². The standard InChI is InChI=1S/C21H18FN5O3S/c1-30-15-8-9-17(22)18(10-15)31(28,29)27-14-6-4-13(5-7-14)20-24-19(12-2-3-12)16-11-23-26-21(16)25-20/h4-12,27H,2-3H2,1H3,(H,23,24,25,26). The molecule has 0 bridgehead atoms. The lowest BCUT2D eigenvalue weighted by atomic mass is 10.1. The van der Waals surface area contributed by atoms with Crippen LogP contribution in [0.25, 0.3) is 22.4 Å². The normalized spacial score (nSPS) is 14.0. The first-order chi connectivity index (χ1) is 14.9. The van der Waals surface area contributed by atoms with Gasteiger partial charge in [0.25, 0.3) is 10.0 Å². The highest BCUT2D eigenvalue weighted by molar-refractivity contribution is 7.92. The Morgan fingerprint density at radius 2 is 1.90 bits per heavy atom. The van der Waals surface area contributed by atoms with Gasteiger partial charge in [0.1, 0.15) is 16.5 Å². The Balaban J connectivity index is 1.44. The van der Waals surface area contributed by atoms with E-state index >= 15 is 0 Å². The van der Waals surface area contributed by atoms with Crippen LogP contribution in [0.3, 0.4) is 0 Å². The number of hydrogen-bond donors (Lipinski definition) is 2. The van der Waals surface area contributed by atoms with Crippen LogP contribution < -0.4 is 9.46 Å². The van der Waals surface area contributed by atoms with Crippen LogP contribution in [0.5, 0.6) is 5.75 Å². The van der Waals surface area contributed by atoms with E-state index in [0.29, 0.717) is 17.4 Å². The van der Waals surface area contributed by atoms with E-state index in [1.165, 1.54) is 13.2 Å². The van der Waals surface area contributed by atoms with Gasteiger partial charge in [-0.05, 0) is 49.2 Å². The third kappa shape index (κ3) is 3.70. The van der Waals surface area contributed by atoms with Gasteiger partial charge in [-0.2, -0.15) is 5.10 Å². The highest BCUT2D eigenvalue weighted by atomic mass is 32.2. The van der Waals surface area contributed by atoms with E-state index in [1.54, 1.807) is 30.5 Å². The van der Waals surface area contributed by atoms with Crippen molar-refractivity contribution in [2.45, 2.75) is 23.7 Å². The van der Waals surface area contributed by atoms with Crippen molar-refractivity contribution in [3.63, 3.8) is 0 Å². The molecule has 1 saturated carbocycles. The van der Waals surface area contributed by atoms with Crippen LogP contribution >= 0.6 is 0 Å². The van der Waals surface area contributed by atoms with E-state index in [4.69, 9.17) is 9.72 Å². The van der Waals surface area contributed by atoms with Gasteiger partial charge < -0.3 is 4.74 Å². The second kappa shape index (κ2) is 7.31. The van der Waals surface area contributed by atoms with Gasteiger partial charge in [0, 0.05) is 23.2 Å². The summed E-state index contributed by atoms with van der Waals surface area (Å²) in [4.78, 5) is 8.75. The number of anilines is 1. The first kappa shape index (κ1) is 19.4. The van der Waals surface area contributed by atoms with Crippen molar-refractivity contribution >= 4 is 26.7 Å². The van der Waals surface area contributed by atoms with Gasteiger partial charge in [-0.3, -0.25) is 9.82 Å². The third-order valence-corrected chi connectivity index (χ3v) is 6.52. The molecule has 2 aromatic heterocycles. The molecule has 1 fully saturated rings. The largest absolute Gasteiger partial charge is 0.497 e. The Morgan fingerprint density at radius 3 is 2.61 bits per heavy atom. The molecule has 0 amide bonds. The Labute approximate surface area is 177 Å². The number of halogens is 1. The average Bonchev–Trinajstić information content (AvgIpc) is 3.50. The maximum atomic E-state index is 14.1. The van der Waals surface area contributed by atoms with Crippen LogP contribution in [0, 0.1) is 5.82 Å². The van der Waals surface area contributed by atoms with Crippen LogP contribution in [0.2, 0.25) is 0 Å². The smallest absolute Gasteiger partial charge is 0.264 e. The first-order valence-corrected chi connectivity index (χ1v) is 11.1. The van der Waals surface area contributed by atoms with Crippen LogP contribution in [-0.2, 0) is 10.0 Å². The maximum absolute atomic E-state index is 14.1. The Morgan fingerprint density at radius 1 is 1.13 bits per heavy atom. The lowest BCUT2D eigenvalue weighted by molar-refractivity contribution is 0.411. The molecule has 0 radical (unpaired) electrons. The van der Waals surface area contributed by atoms with Crippen molar-refractivity contribution in [3.05, 3.63) is 60.2 Å². The lowest BCUT2D eigenvalue weighted by Crippen LogP contribution is -2.14. The predicted octanol–water partition coefficient (Wildman–Crippen LogP) is 3.85. The fourth-order valence-corrected chi connectivity index (χ4v) is 4.52. The van der Waals surface area contributed by atoms with Crippen LogP contribution in [0.4, 0.5) is 10.1 Å². The summed E-state index contributed by atoms with van der Waals surface area (Å²) >= 11 is 0. The van der Waals surface area contributed by atoms with E-state index < -0.39 is 20.7 Å². The highest BCUT2D eigenvalue weighted by Crippen LogP contribution is 2.42. The Bertz CT molecular complexity index is 1380. The van der Waals surface area contributed by atoms with Gasteiger partial charge in [-0.25, -0.2) is 22.8 Å². The fraction of sp³-hybridized carbons (Fsp3) is 0.190. The number of fused-ring (bicyclic) bond motifs is 1. The number of hydrogen-bond acceptors (Lipinski definition) is 6. The minimum absolute atomic E-state index is 0.245. The summed E-state index contributed by atoms with van der Waals surface area (Å²) in [5.74, 6) is 0.339. The van der Waals surface area contributed by atoms with Crippen molar-refractivity contribution in [1.29, 1.82) is 0 Å². The van der Waals surface area contributed by atoms with Gasteiger partial charge in [0.2, 0.25) is 0 Å². The third-order valence-electron chi connectivity index (χ3n) is 5.13. The molecule has 0 saturated heterocycles. The van der Waals surface area contributed by atoms with Gasteiger partial charge >= 0.3 is 0 Å². The van der Waals surface area contributed by atoms with Crippen molar-refractivity contribution in [3.8, 4) is 17.1 Å². The summed E-state index contributed by atoms with van der Waals surface area (Å²) in [6.07, 6.45) is 3.93. The molecule has 0 atom stereocenters. The molecule has 1 aliphatic carbocycles. The molecular formula is C21H18FN5O3S. The second-order valence-corrected chi connectivity index (χ2v) is 8.97. The summed E-state index contributed by atoms with van der Waals surface area (Å²) < 4.78 is 46.8. The number of methoxy groups -OCH3 is 1. The summed E-state index contributed by atoms with van der Waals surface area (Å²) in [6, 6.07) is 10.2. The average molecular weight is 439 g/mol. The molecule has 2 heterocycles. The number of benzene rings is 2. The molecule has 8 nitrogen and oxygen atoms in total. The van der Waals surface area contributed by atoms with Crippen molar-refractivity contribution < 1.29 is 17.5 Å². The van der Waals surface area contributed by atoms with Gasteiger partial charge in [-0.1, -0.05) is 0 Å². The number of aromatic amines is 1. The summed E-state index contributed by atoms with van der Waals surface area (Å²) in [7, 11) is -2.75. The van der Waals surface area contributed by atoms with Crippen LogP contribution in [0.15, 0.2) is 53.6 Å².